The molecule has 0 unspecified atom stereocenters. The number of hydrogen-bond donors (Lipinski definition) is 5. The van der Waals surface area contributed by atoms with Crippen LogP contribution in [0.2, 0.25) is 0 Å². The molecular weight excluding hydrogens is 612 g/mol. The van der Waals surface area contributed by atoms with E-state index in [4.69, 9.17) is 4.74 Å². The summed E-state index contributed by atoms with van der Waals surface area (Å²) in [5.74, 6) is -3.46. The predicted molar refractivity (Wildman–Crippen MR) is 173 cm³/mol. The lowest BCUT2D eigenvalue weighted by atomic mass is 9.83. The minimum atomic E-state index is -0.888. The quantitative estimate of drug-likeness (QED) is 0.251. The molecule has 0 heterocycles. The van der Waals surface area contributed by atoms with Crippen molar-refractivity contribution in [3.63, 3.8) is 0 Å². The molecule has 8 rings (SSSR count). The van der Waals surface area contributed by atoms with Gasteiger partial charge in [0.1, 0.15) is 5.60 Å². The van der Waals surface area contributed by atoms with E-state index in [2.05, 4.69) is 57.7 Å². The molecule has 8 aliphatic rings. The lowest BCUT2D eigenvalue weighted by Gasteiger charge is -2.35. The van der Waals surface area contributed by atoms with E-state index in [9.17, 15) is 29.1 Å². The zero-order chi connectivity index (χ0) is 33.6. The Bertz CT molecular complexity index is 1540. The predicted octanol–water partition coefficient (Wildman–Crippen LogP) is 2.71. The summed E-state index contributed by atoms with van der Waals surface area (Å²) in [5.41, 5.74) is -0.659. The van der Waals surface area contributed by atoms with Crippen molar-refractivity contribution >= 4 is 29.8 Å². The summed E-state index contributed by atoms with van der Waals surface area (Å²) in [7, 11) is 0. The maximum absolute atomic E-state index is 14.2. The van der Waals surface area contributed by atoms with Crippen molar-refractivity contribution in [2.45, 2.75) is 76.2 Å². The molecule has 8 aliphatic carbocycles. The van der Waals surface area contributed by atoms with Crippen molar-refractivity contribution in [2.75, 3.05) is 0 Å². The van der Waals surface area contributed by atoms with Crippen LogP contribution in [0.5, 0.6) is 0 Å². The van der Waals surface area contributed by atoms with Crippen molar-refractivity contribution in [3.8, 4) is 0 Å². The van der Waals surface area contributed by atoms with Gasteiger partial charge >= 0.3 is 12.1 Å². The van der Waals surface area contributed by atoms with Crippen molar-refractivity contribution in [3.05, 3.63) is 48.6 Å². The third kappa shape index (κ3) is 5.19. The topological polar surface area (TPSA) is 163 Å². The summed E-state index contributed by atoms with van der Waals surface area (Å²) < 4.78 is 5.50. The summed E-state index contributed by atoms with van der Waals surface area (Å²) >= 11 is 0. The van der Waals surface area contributed by atoms with Gasteiger partial charge in [0, 0.05) is 18.1 Å². The molecule has 0 radical (unpaired) electrons. The Morgan fingerprint density at radius 2 is 0.792 bits per heavy atom. The molecule has 4 fully saturated rings. The monoisotopic (exact) mass is 658 g/mol. The van der Waals surface area contributed by atoms with Crippen LogP contribution in [0.15, 0.2) is 48.6 Å². The van der Waals surface area contributed by atoms with Crippen LogP contribution < -0.4 is 21.3 Å². The van der Waals surface area contributed by atoms with E-state index in [0.717, 1.165) is 25.7 Å². The number of amides is 4. The molecular formula is C37H46N4O7. The van der Waals surface area contributed by atoms with Crippen LogP contribution >= 0.6 is 0 Å². The summed E-state index contributed by atoms with van der Waals surface area (Å²) in [5, 5.41) is 22.5. The van der Waals surface area contributed by atoms with Gasteiger partial charge < -0.3 is 31.1 Å². The SMILES string of the molecule is CC(C)(C)OC(=O)N[C@@H]1[C@@H](C(=O)N[C@@H]2[C@@H](C(=O)N[C@H]3[C@@H](C(=O)N[C@@H]4[C@@H](C(=O)O)[C@H]5C=C[C@@H]4C5)[C@H]4C=C[C@@H]3C4)[C@H]3C=C[C@@H]2C3)[C@H]2C=C[C@@H]1C2. The lowest BCUT2D eigenvalue weighted by molar-refractivity contribution is -0.143. The van der Waals surface area contributed by atoms with Gasteiger partial charge in [0.05, 0.1) is 29.7 Å². The molecule has 256 valence electrons. The summed E-state index contributed by atoms with van der Waals surface area (Å²) in [4.78, 5) is 66.8. The smallest absolute Gasteiger partial charge is 0.407 e. The molecule has 4 saturated carbocycles. The standard InChI is InChI=1S/C37H46N4O7/c1-37(2,3)48-36(47)41-30-22-10-6-18(14-22)26(30)34(44)39-28-20-8-4-16(12-20)24(28)32(42)38-29-21-9-5-17(13-21)25(29)33(43)40-31-23-11-7-19(15-23)27(31)35(45)46/h4-11,16-31H,12-15H2,1-3H3,(H,38,42)(H,39,44)(H,40,43)(H,41,47)(H,45,46)/t16-,17-,18-,19-,20+,21+,22+,23+,24-,25-,26-,27-,28-,29+,30-,31-/m0/s1. The number of hydrogen-bond acceptors (Lipinski definition) is 6. The Labute approximate surface area is 280 Å². The third-order valence-corrected chi connectivity index (χ3v) is 12.6. The molecule has 0 aromatic rings. The molecule has 0 aromatic heterocycles. The van der Waals surface area contributed by atoms with Crippen LogP contribution in [0.4, 0.5) is 4.79 Å². The number of ether oxygens (including phenoxy) is 1. The first-order valence-electron chi connectivity index (χ1n) is 17.7. The fraction of sp³-hybridized carbons (Fsp3) is 0.649. The Balaban J connectivity index is 0.956. The number of rotatable bonds is 8. The van der Waals surface area contributed by atoms with Gasteiger partial charge in [-0.3, -0.25) is 19.2 Å². The van der Waals surface area contributed by atoms with Gasteiger partial charge in [-0.25, -0.2) is 4.79 Å². The molecule has 0 spiro atoms. The normalized spacial score (nSPS) is 44.8. The number of allylic oxidation sites excluding steroid dienone is 4. The molecule has 11 nitrogen and oxygen atoms in total. The number of carboxylic acids is 1. The van der Waals surface area contributed by atoms with E-state index in [1.165, 1.54) is 0 Å². The maximum Gasteiger partial charge on any atom is 0.407 e. The Morgan fingerprint density at radius 3 is 1.12 bits per heavy atom. The van der Waals surface area contributed by atoms with Crippen LogP contribution in [-0.4, -0.2) is 64.7 Å². The van der Waals surface area contributed by atoms with Gasteiger partial charge in [0.15, 0.2) is 0 Å². The Hall–Kier alpha value is -3.89. The second-order valence-electron chi connectivity index (χ2n) is 16.5. The average Bonchev–Trinajstić information content (AvgIpc) is 3.86. The Kier molecular flexibility index (Phi) is 7.41. The van der Waals surface area contributed by atoms with Crippen LogP contribution in [0.25, 0.3) is 0 Å². The number of nitrogens with one attached hydrogen (secondary N) is 4. The van der Waals surface area contributed by atoms with Crippen molar-refractivity contribution < 1.29 is 33.8 Å². The highest BCUT2D eigenvalue weighted by molar-refractivity contribution is 5.87. The van der Waals surface area contributed by atoms with Crippen molar-refractivity contribution in [1.29, 1.82) is 0 Å². The van der Waals surface area contributed by atoms with E-state index < -0.39 is 59.5 Å². The zero-order valence-electron chi connectivity index (χ0n) is 27.6. The largest absolute Gasteiger partial charge is 0.481 e. The molecule has 0 saturated heterocycles. The Morgan fingerprint density at radius 1 is 0.500 bits per heavy atom. The van der Waals surface area contributed by atoms with Gasteiger partial charge in [0.2, 0.25) is 17.7 Å². The number of alkyl carbamates (subject to hydrolysis) is 1. The highest BCUT2D eigenvalue weighted by Crippen LogP contribution is 2.49. The number of fused-ring (bicyclic) bond motifs is 8. The van der Waals surface area contributed by atoms with E-state index in [0.29, 0.717) is 0 Å². The number of carbonyl (C=O) groups is 5. The molecule has 5 N–H and O–H groups in total. The van der Waals surface area contributed by atoms with Crippen molar-refractivity contribution in [1.82, 2.24) is 21.3 Å². The van der Waals surface area contributed by atoms with Gasteiger partial charge in [-0.15, -0.1) is 0 Å². The molecule has 16 atom stereocenters. The first kappa shape index (κ1) is 31.4. The van der Waals surface area contributed by atoms with E-state index in [1.807, 2.05) is 12.2 Å². The van der Waals surface area contributed by atoms with Gasteiger partial charge in [-0.1, -0.05) is 48.6 Å². The number of aliphatic carboxylic acids is 1. The molecule has 0 aromatic carbocycles. The summed E-state index contributed by atoms with van der Waals surface area (Å²) in [6, 6.07) is -1.63. The second-order valence-corrected chi connectivity index (χ2v) is 16.5. The number of carbonyl (C=O) groups excluding carboxylic acids is 4. The van der Waals surface area contributed by atoms with Gasteiger partial charge in [-0.2, -0.15) is 0 Å². The van der Waals surface area contributed by atoms with Gasteiger partial charge in [-0.05, 0) is 93.8 Å². The van der Waals surface area contributed by atoms with Crippen LogP contribution in [-0.2, 0) is 23.9 Å². The van der Waals surface area contributed by atoms with Crippen LogP contribution in [0, 0.1) is 71.0 Å². The molecule has 4 amide bonds. The molecule has 11 heteroatoms. The minimum Gasteiger partial charge on any atom is -0.481 e. The van der Waals surface area contributed by atoms with Crippen molar-refractivity contribution in [2.24, 2.45) is 71.0 Å². The molecule has 8 bridgehead atoms. The van der Waals surface area contributed by atoms with E-state index in [-0.39, 0.29) is 71.1 Å². The summed E-state index contributed by atoms with van der Waals surface area (Å²) in [6.07, 6.45) is 18.9. The first-order chi connectivity index (χ1) is 22.9. The lowest BCUT2D eigenvalue weighted by Crippen LogP contribution is -2.57. The highest BCUT2D eigenvalue weighted by atomic mass is 16.6. The fourth-order valence-electron chi connectivity index (χ4n) is 10.7. The van der Waals surface area contributed by atoms with Crippen LogP contribution in [0.1, 0.15) is 46.5 Å². The molecule has 0 aliphatic heterocycles. The summed E-state index contributed by atoms with van der Waals surface area (Å²) in [6.45, 7) is 5.41. The minimum absolute atomic E-state index is 0.00254. The van der Waals surface area contributed by atoms with E-state index >= 15 is 0 Å². The van der Waals surface area contributed by atoms with Crippen LogP contribution in [0.3, 0.4) is 0 Å². The first-order valence-corrected chi connectivity index (χ1v) is 17.7. The zero-order valence-corrected chi connectivity index (χ0v) is 27.6. The average molecular weight is 659 g/mol. The maximum atomic E-state index is 14.2. The second kappa shape index (κ2) is 11.3. The fourth-order valence-corrected chi connectivity index (χ4v) is 10.7. The van der Waals surface area contributed by atoms with Gasteiger partial charge in [0.25, 0.3) is 0 Å². The highest BCUT2D eigenvalue weighted by Gasteiger charge is 2.56. The molecule has 48 heavy (non-hydrogen) atoms. The third-order valence-electron chi connectivity index (χ3n) is 12.6. The van der Waals surface area contributed by atoms with E-state index in [1.54, 1.807) is 20.8 Å². The number of carboxylic acid groups (broad SMARTS) is 1.